The van der Waals surface area contributed by atoms with Crippen LogP contribution in [0.5, 0.6) is 11.5 Å². The fraction of sp³-hybridized carbons (Fsp3) is 0.216. The zero-order valence-electron chi connectivity index (χ0n) is 26.0. The van der Waals surface area contributed by atoms with Gasteiger partial charge in [0, 0.05) is 10.0 Å². The number of rotatable bonds is 9. The Morgan fingerprint density at radius 3 is 2.48 bits per heavy atom. The zero-order valence-corrected chi connectivity index (χ0v) is 28.4. The zero-order chi connectivity index (χ0) is 32.4. The largest absolute Gasteiger partial charge is 0.491 e. The molecule has 234 valence electrons. The van der Waals surface area contributed by atoms with Crippen LogP contribution in [0.1, 0.15) is 50.4 Å². The number of thiazole rings is 1. The quantitative estimate of drug-likeness (QED) is 0.154. The molecule has 0 fully saturated rings. The number of allylic oxidation sites excluding steroid dienone is 1. The summed E-state index contributed by atoms with van der Waals surface area (Å²) in [5, 5.41) is 1.99. The summed E-state index contributed by atoms with van der Waals surface area (Å²) in [4.78, 5) is 32.9. The summed E-state index contributed by atoms with van der Waals surface area (Å²) in [5.74, 6) is 0.868. The van der Waals surface area contributed by atoms with Gasteiger partial charge in [-0.2, -0.15) is 0 Å². The standard InChI is InChI=1S/C37H33BrN2O5S/c1-5-43-36(42)33-23(4)39-37-40(34(33)26-12-17-28(18-13-26)45-22(2)3)35(41)32(46-37)20-30-29-9-7-6-8-25(29)14-19-31(30)44-21-24-10-15-27(38)16-11-24/h6-20,22,34H,5,21H2,1-4H3/b32-20-/t34-/m0/s1. The van der Waals surface area contributed by atoms with Crippen molar-refractivity contribution >= 4 is 50.1 Å². The summed E-state index contributed by atoms with van der Waals surface area (Å²) in [6.45, 7) is 8.04. The lowest BCUT2D eigenvalue weighted by Gasteiger charge is -2.25. The van der Waals surface area contributed by atoms with Crippen LogP contribution in [-0.4, -0.2) is 23.2 Å². The molecule has 0 saturated carbocycles. The van der Waals surface area contributed by atoms with Gasteiger partial charge in [0.15, 0.2) is 4.80 Å². The molecule has 5 aromatic rings. The summed E-state index contributed by atoms with van der Waals surface area (Å²) in [6.07, 6.45) is 1.89. The van der Waals surface area contributed by atoms with E-state index in [-0.39, 0.29) is 18.3 Å². The Hall–Kier alpha value is -4.47. The van der Waals surface area contributed by atoms with Gasteiger partial charge in [0.1, 0.15) is 18.1 Å². The lowest BCUT2D eigenvalue weighted by molar-refractivity contribution is -0.139. The summed E-state index contributed by atoms with van der Waals surface area (Å²) in [7, 11) is 0. The lowest BCUT2D eigenvalue weighted by atomic mass is 9.96. The van der Waals surface area contributed by atoms with Crippen molar-refractivity contribution < 1.29 is 19.0 Å². The molecule has 0 unspecified atom stereocenters. The van der Waals surface area contributed by atoms with E-state index in [0.29, 0.717) is 38.7 Å². The SMILES string of the molecule is CCOC(=O)C1=C(C)N=c2s/c(=C\c3c(OCc4ccc(Br)cc4)ccc4ccccc34)c(=O)n2[C@H]1c1ccc(OC(C)C)cc1. The number of halogens is 1. The van der Waals surface area contributed by atoms with Crippen molar-refractivity contribution in [3.63, 3.8) is 0 Å². The maximum atomic E-state index is 14.3. The molecule has 1 aliphatic rings. The monoisotopic (exact) mass is 696 g/mol. The molecule has 6 rings (SSSR count). The number of fused-ring (bicyclic) bond motifs is 2. The summed E-state index contributed by atoms with van der Waals surface area (Å²) >= 11 is 4.77. The van der Waals surface area contributed by atoms with Gasteiger partial charge in [-0.1, -0.05) is 81.9 Å². The molecule has 9 heteroatoms. The van der Waals surface area contributed by atoms with Gasteiger partial charge in [-0.05, 0) is 86.0 Å². The highest BCUT2D eigenvalue weighted by Crippen LogP contribution is 2.33. The summed E-state index contributed by atoms with van der Waals surface area (Å²) in [6, 6.07) is 26.7. The second kappa shape index (κ2) is 13.5. The van der Waals surface area contributed by atoms with E-state index in [1.807, 2.05) is 105 Å². The van der Waals surface area contributed by atoms with Crippen molar-refractivity contribution in [1.29, 1.82) is 0 Å². The minimum atomic E-state index is -0.716. The maximum Gasteiger partial charge on any atom is 0.338 e. The topological polar surface area (TPSA) is 79.1 Å². The Morgan fingerprint density at radius 2 is 1.76 bits per heavy atom. The number of aromatic nitrogens is 1. The first-order valence-corrected chi connectivity index (χ1v) is 16.7. The fourth-order valence-corrected chi connectivity index (χ4v) is 6.82. The average Bonchev–Trinajstić information content (AvgIpc) is 3.34. The van der Waals surface area contributed by atoms with Crippen molar-refractivity contribution in [2.75, 3.05) is 6.61 Å². The van der Waals surface area contributed by atoms with E-state index in [4.69, 9.17) is 19.2 Å². The minimum absolute atomic E-state index is 0.0126. The number of benzene rings is 4. The number of carbonyl (C=O) groups is 1. The molecule has 7 nitrogen and oxygen atoms in total. The van der Waals surface area contributed by atoms with Crippen LogP contribution >= 0.6 is 27.3 Å². The van der Waals surface area contributed by atoms with Crippen LogP contribution in [0.3, 0.4) is 0 Å². The van der Waals surface area contributed by atoms with Crippen LogP contribution in [0.15, 0.2) is 110 Å². The molecule has 1 aliphatic heterocycles. The van der Waals surface area contributed by atoms with Crippen LogP contribution in [0.2, 0.25) is 0 Å². The minimum Gasteiger partial charge on any atom is -0.491 e. The fourth-order valence-electron chi connectivity index (χ4n) is 5.53. The van der Waals surface area contributed by atoms with Gasteiger partial charge in [0.25, 0.3) is 5.56 Å². The molecule has 4 aromatic carbocycles. The normalized spacial score (nSPS) is 14.7. The highest BCUT2D eigenvalue weighted by atomic mass is 79.9. The molecule has 0 N–H and O–H groups in total. The second-order valence-corrected chi connectivity index (χ2v) is 13.1. The van der Waals surface area contributed by atoms with Gasteiger partial charge in [-0.15, -0.1) is 0 Å². The molecule has 0 radical (unpaired) electrons. The Labute approximate surface area is 279 Å². The van der Waals surface area contributed by atoms with Crippen LogP contribution in [-0.2, 0) is 16.1 Å². The Kier molecular flexibility index (Phi) is 9.24. The van der Waals surface area contributed by atoms with Crippen molar-refractivity contribution in [3.8, 4) is 11.5 Å². The van der Waals surface area contributed by atoms with E-state index in [0.717, 1.165) is 31.9 Å². The van der Waals surface area contributed by atoms with Crippen molar-refractivity contribution in [2.24, 2.45) is 4.99 Å². The van der Waals surface area contributed by atoms with Crippen molar-refractivity contribution in [2.45, 2.75) is 46.4 Å². The molecule has 0 saturated heterocycles. The Balaban J connectivity index is 1.50. The third-order valence-electron chi connectivity index (χ3n) is 7.60. The molecular formula is C37H33BrN2O5S. The van der Waals surface area contributed by atoms with Crippen LogP contribution in [0.4, 0.5) is 0 Å². The summed E-state index contributed by atoms with van der Waals surface area (Å²) < 4.78 is 20.7. The molecule has 46 heavy (non-hydrogen) atoms. The van der Waals surface area contributed by atoms with Crippen LogP contribution in [0.25, 0.3) is 16.8 Å². The molecule has 1 atom stereocenters. The number of hydrogen-bond donors (Lipinski definition) is 0. The van der Waals surface area contributed by atoms with Gasteiger partial charge in [0.2, 0.25) is 0 Å². The van der Waals surface area contributed by atoms with Gasteiger partial charge < -0.3 is 14.2 Å². The second-order valence-electron chi connectivity index (χ2n) is 11.2. The highest BCUT2D eigenvalue weighted by molar-refractivity contribution is 9.10. The Morgan fingerprint density at radius 1 is 1.02 bits per heavy atom. The molecule has 0 spiro atoms. The van der Waals surface area contributed by atoms with Crippen molar-refractivity contribution in [3.05, 3.63) is 137 Å². The number of esters is 1. The van der Waals surface area contributed by atoms with Gasteiger partial charge >= 0.3 is 5.97 Å². The van der Waals surface area contributed by atoms with E-state index < -0.39 is 12.0 Å². The number of nitrogens with zero attached hydrogens (tertiary/aromatic N) is 2. The number of ether oxygens (including phenoxy) is 3. The molecular weight excluding hydrogens is 664 g/mol. The first-order chi connectivity index (χ1) is 22.2. The van der Waals surface area contributed by atoms with Gasteiger partial charge in [-0.25, -0.2) is 9.79 Å². The predicted molar refractivity (Wildman–Crippen MR) is 185 cm³/mol. The number of carbonyl (C=O) groups excluding carboxylic acids is 1. The van der Waals surface area contributed by atoms with E-state index >= 15 is 0 Å². The molecule has 0 amide bonds. The van der Waals surface area contributed by atoms with Crippen LogP contribution in [0, 0.1) is 0 Å². The van der Waals surface area contributed by atoms with Crippen molar-refractivity contribution in [1.82, 2.24) is 4.57 Å². The third-order valence-corrected chi connectivity index (χ3v) is 9.11. The van der Waals surface area contributed by atoms with E-state index in [1.54, 1.807) is 18.4 Å². The van der Waals surface area contributed by atoms with E-state index in [1.165, 1.54) is 11.3 Å². The number of hydrogen-bond acceptors (Lipinski definition) is 7. The van der Waals surface area contributed by atoms with Gasteiger partial charge in [-0.3, -0.25) is 9.36 Å². The molecule has 0 aliphatic carbocycles. The first-order valence-electron chi connectivity index (χ1n) is 15.1. The van der Waals surface area contributed by atoms with E-state index in [2.05, 4.69) is 15.9 Å². The lowest BCUT2D eigenvalue weighted by Crippen LogP contribution is -2.39. The predicted octanol–water partition coefficient (Wildman–Crippen LogP) is 7.08. The Bertz CT molecular complexity index is 2130. The van der Waals surface area contributed by atoms with Gasteiger partial charge in [0.05, 0.1) is 34.6 Å². The van der Waals surface area contributed by atoms with E-state index in [9.17, 15) is 9.59 Å². The maximum absolute atomic E-state index is 14.3. The third kappa shape index (κ3) is 6.43. The average molecular weight is 698 g/mol. The molecule has 2 heterocycles. The first kappa shape index (κ1) is 31.5. The smallest absolute Gasteiger partial charge is 0.338 e. The summed E-state index contributed by atoms with van der Waals surface area (Å²) in [5.41, 5.74) is 3.17. The highest BCUT2D eigenvalue weighted by Gasteiger charge is 2.33. The molecule has 1 aromatic heterocycles. The molecule has 0 bridgehead atoms. The van der Waals surface area contributed by atoms with Crippen LogP contribution < -0.4 is 24.4 Å².